The molecule has 0 amide bonds. The zero-order valence-corrected chi connectivity index (χ0v) is 17.1. The molecule has 0 saturated carbocycles. The van der Waals surface area contributed by atoms with E-state index in [0.29, 0.717) is 22.2 Å². The third kappa shape index (κ3) is 4.40. The van der Waals surface area contributed by atoms with E-state index in [0.717, 1.165) is 5.56 Å². The van der Waals surface area contributed by atoms with Gasteiger partial charge in [0, 0.05) is 5.02 Å². The van der Waals surface area contributed by atoms with Crippen LogP contribution in [0.2, 0.25) is 5.02 Å². The van der Waals surface area contributed by atoms with E-state index in [-0.39, 0.29) is 11.4 Å². The van der Waals surface area contributed by atoms with Gasteiger partial charge in [-0.15, -0.1) is 0 Å². The molecule has 0 saturated heterocycles. The van der Waals surface area contributed by atoms with E-state index in [1.807, 2.05) is 6.07 Å². The van der Waals surface area contributed by atoms with Crippen molar-refractivity contribution in [1.82, 2.24) is 0 Å². The van der Waals surface area contributed by atoms with Gasteiger partial charge in [0.2, 0.25) is 0 Å². The van der Waals surface area contributed by atoms with E-state index in [2.05, 4.69) is 0 Å². The second-order valence-corrected chi connectivity index (χ2v) is 8.31. The standard InChI is InChI=1S/C21H20ClNO4S/c1-26-19-8-6-18(7-9-19)23(15-16-4-3-5-17(22)14-16)28(24,25)21-12-10-20(27-2)11-13-21/h3-14H,15H2,1-2H3. The second kappa shape index (κ2) is 8.54. The fourth-order valence-corrected chi connectivity index (χ4v) is 4.41. The second-order valence-electron chi connectivity index (χ2n) is 6.02. The van der Waals surface area contributed by atoms with Gasteiger partial charge in [0.25, 0.3) is 10.0 Å². The van der Waals surface area contributed by atoms with Crippen molar-refractivity contribution in [3.05, 3.63) is 83.4 Å². The van der Waals surface area contributed by atoms with E-state index in [1.165, 1.54) is 23.5 Å². The van der Waals surface area contributed by atoms with Crippen LogP contribution in [0.3, 0.4) is 0 Å². The first-order chi connectivity index (χ1) is 13.4. The lowest BCUT2D eigenvalue weighted by Crippen LogP contribution is -2.30. The van der Waals surface area contributed by atoms with Crippen molar-refractivity contribution in [2.75, 3.05) is 18.5 Å². The average Bonchev–Trinajstić information content (AvgIpc) is 2.72. The average molecular weight is 418 g/mol. The molecule has 0 heterocycles. The molecule has 3 rings (SSSR count). The highest BCUT2D eigenvalue weighted by molar-refractivity contribution is 7.92. The molecule has 3 aromatic carbocycles. The third-order valence-electron chi connectivity index (χ3n) is 4.22. The lowest BCUT2D eigenvalue weighted by Gasteiger charge is -2.25. The Balaban J connectivity index is 2.05. The summed E-state index contributed by atoms with van der Waals surface area (Å²) in [7, 11) is -0.719. The van der Waals surface area contributed by atoms with Crippen LogP contribution in [0.15, 0.2) is 77.7 Å². The molecule has 0 fully saturated rings. The van der Waals surface area contributed by atoms with E-state index in [1.54, 1.807) is 61.7 Å². The Labute approximate surface area is 170 Å². The lowest BCUT2D eigenvalue weighted by molar-refractivity contribution is 0.414. The van der Waals surface area contributed by atoms with Crippen molar-refractivity contribution in [3.8, 4) is 11.5 Å². The smallest absolute Gasteiger partial charge is 0.264 e. The maximum Gasteiger partial charge on any atom is 0.264 e. The normalized spacial score (nSPS) is 11.1. The van der Waals surface area contributed by atoms with Crippen LogP contribution < -0.4 is 13.8 Å². The number of sulfonamides is 1. The first-order valence-electron chi connectivity index (χ1n) is 8.49. The SMILES string of the molecule is COc1ccc(N(Cc2cccc(Cl)c2)S(=O)(=O)c2ccc(OC)cc2)cc1. The molecular weight excluding hydrogens is 398 g/mol. The van der Waals surface area contributed by atoms with Crippen LogP contribution in [0.5, 0.6) is 11.5 Å². The molecule has 28 heavy (non-hydrogen) atoms. The van der Waals surface area contributed by atoms with Gasteiger partial charge in [-0.3, -0.25) is 4.31 Å². The van der Waals surface area contributed by atoms with Gasteiger partial charge in [-0.2, -0.15) is 0 Å². The molecule has 0 aromatic heterocycles. The molecule has 3 aromatic rings. The number of anilines is 1. The van der Waals surface area contributed by atoms with Gasteiger partial charge in [0.15, 0.2) is 0 Å². The van der Waals surface area contributed by atoms with Crippen LogP contribution in [-0.2, 0) is 16.6 Å². The number of rotatable bonds is 7. The van der Waals surface area contributed by atoms with Crippen LogP contribution in [-0.4, -0.2) is 22.6 Å². The van der Waals surface area contributed by atoms with Crippen molar-refractivity contribution in [1.29, 1.82) is 0 Å². The van der Waals surface area contributed by atoms with E-state index in [9.17, 15) is 8.42 Å². The molecule has 7 heteroatoms. The molecule has 0 atom stereocenters. The third-order valence-corrected chi connectivity index (χ3v) is 6.25. The van der Waals surface area contributed by atoms with Gasteiger partial charge in [-0.1, -0.05) is 23.7 Å². The van der Waals surface area contributed by atoms with E-state index >= 15 is 0 Å². The van der Waals surface area contributed by atoms with Gasteiger partial charge >= 0.3 is 0 Å². The zero-order chi connectivity index (χ0) is 20.1. The predicted octanol–water partition coefficient (Wildman–Crippen LogP) is 4.75. The lowest BCUT2D eigenvalue weighted by atomic mass is 10.2. The number of benzene rings is 3. The van der Waals surface area contributed by atoms with Gasteiger partial charge in [-0.05, 0) is 66.2 Å². The van der Waals surface area contributed by atoms with E-state index < -0.39 is 10.0 Å². The largest absolute Gasteiger partial charge is 0.497 e. The fourth-order valence-electron chi connectivity index (χ4n) is 2.74. The van der Waals surface area contributed by atoms with Crippen LogP contribution in [0.1, 0.15) is 5.56 Å². The Kier molecular flexibility index (Phi) is 6.11. The first-order valence-corrected chi connectivity index (χ1v) is 10.3. The first kappa shape index (κ1) is 20.0. The number of methoxy groups -OCH3 is 2. The molecule has 0 aliphatic carbocycles. The van der Waals surface area contributed by atoms with Crippen LogP contribution in [0.4, 0.5) is 5.69 Å². The minimum atomic E-state index is -3.82. The predicted molar refractivity (Wildman–Crippen MR) is 111 cm³/mol. The Morgan fingerprint density at radius 1 is 0.857 bits per heavy atom. The van der Waals surface area contributed by atoms with Gasteiger partial charge in [-0.25, -0.2) is 8.42 Å². The topological polar surface area (TPSA) is 55.8 Å². The summed E-state index contributed by atoms with van der Waals surface area (Å²) >= 11 is 6.08. The summed E-state index contributed by atoms with van der Waals surface area (Å²) in [5.41, 5.74) is 1.30. The van der Waals surface area contributed by atoms with E-state index in [4.69, 9.17) is 21.1 Å². The highest BCUT2D eigenvalue weighted by Crippen LogP contribution is 2.29. The number of hydrogen-bond acceptors (Lipinski definition) is 4. The fraction of sp³-hybridized carbons (Fsp3) is 0.143. The van der Waals surface area contributed by atoms with Crippen molar-refractivity contribution in [3.63, 3.8) is 0 Å². The zero-order valence-electron chi connectivity index (χ0n) is 15.5. The Morgan fingerprint density at radius 2 is 1.43 bits per heavy atom. The molecule has 0 aliphatic rings. The highest BCUT2D eigenvalue weighted by Gasteiger charge is 2.25. The Morgan fingerprint density at radius 3 is 1.96 bits per heavy atom. The molecule has 5 nitrogen and oxygen atoms in total. The molecule has 0 aliphatic heterocycles. The maximum atomic E-state index is 13.4. The molecule has 0 bridgehead atoms. The summed E-state index contributed by atoms with van der Waals surface area (Å²) < 4.78 is 38.4. The molecule has 0 radical (unpaired) electrons. The maximum absolute atomic E-state index is 13.4. The minimum absolute atomic E-state index is 0.140. The molecule has 0 unspecified atom stereocenters. The van der Waals surface area contributed by atoms with Crippen molar-refractivity contribution in [2.24, 2.45) is 0 Å². The minimum Gasteiger partial charge on any atom is -0.497 e. The van der Waals surface area contributed by atoms with Gasteiger partial charge in [0.05, 0.1) is 31.3 Å². The summed E-state index contributed by atoms with van der Waals surface area (Å²) in [5, 5.41) is 0.550. The summed E-state index contributed by atoms with van der Waals surface area (Å²) in [4.78, 5) is 0.172. The van der Waals surface area contributed by atoms with Crippen molar-refractivity contribution < 1.29 is 17.9 Å². The summed E-state index contributed by atoms with van der Waals surface area (Å²) in [5.74, 6) is 1.23. The number of hydrogen-bond donors (Lipinski definition) is 0. The van der Waals surface area contributed by atoms with Gasteiger partial charge < -0.3 is 9.47 Å². The van der Waals surface area contributed by atoms with Crippen molar-refractivity contribution >= 4 is 27.3 Å². The molecular formula is C21H20ClNO4S. The Hall–Kier alpha value is -2.70. The van der Waals surface area contributed by atoms with Crippen LogP contribution in [0.25, 0.3) is 0 Å². The molecule has 0 spiro atoms. The highest BCUT2D eigenvalue weighted by atomic mass is 35.5. The summed E-state index contributed by atoms with van der Waals surface area (Å²) in [6.45, 7) is 0.140. The molecule has 0 N–H and O–H groups in total. The Bertz CT molecular complexity index is 1030. The molecule has 146 valence electrons. The van der Waals surface area contributed by atoms with Crippen LogP contribution in [0, 0.1) is 0 Å². The van der Waals surface area contributed by atoms with Crippen molar-refractivity contribution in [2.45, 2.75) is 11.4 Å². The monoisotopic (exact) mass is 417 g/mol. The number of ether oxygens (including phenoxy) is 2. The summed E-state index contributed by atoms with van der Waals surface area (Å²) in [6, 6.07) is 20.3. The summed E-state index contributed by atoms with van der Waals surface area (Å²) in [6.07, 6.45) is 0. The quantitative estimate of drug-likeness (QED) is 0.556. The van der Waals surface area contributed by atoms with Gasteiger partial charge in [0.1, 0.15) is 11.5 Å². The number of nitrogens with zero attached hydrogens (tertiary/aromatic N) is 1. The number of halogens is 1. The van der Waals surface area contributed by atoms with Crippen LogP contribution >= 0.6 is 11.6 Å².